The SMILES string of the molecule is COC(=O)c1ccc2c3cc(ccc13)OC/C=C\CO[C@H]1CCN[C@H]2C1. The van der Waals surface area contributed by atoms with Crippen molar-refractivity contribution in [2.45, 2.75) is 25.0 Å². The topological polar surface area (TPSA) is 56.8 Å². The van der Waals surface area contributed by atoms with Crippen LogP contribution in [0.25, 0.3) is 10.8 Å². The first-order chi connectivity index (χ1) is 12.8. The van der Waals surface area contributed by atoms with Crippen LogP contribution in [-0.2, 0) is 9.47 Å². The number of ether oxygens (including phenoxy) is 3. The Hall–Kier alpha value is -2.37. The maximum Gasteiger partial charge on any atom is 0.338 e. The number of hydrogen-bond donors (Lipinski definition) is 1. The quantitative estimate of drug-likeness (QED) is 0.629. The predicted molar refractivity (Wildman–Crippen MR) is 99.6 cm³/mol. The summed E-state index contributed by atoms with van der Waals surface area (Å²) in [4.78, 5) is 12.2. The van der Waals surface area contributed by atoms with Gasteiger partial charge in [0.05, 0.1) is 25.4 Å². The summed E-state index contributed by atoms with van der Waals surface area (Å²) in [7, 11) is 1.41. The second-order valence-corrected chi connectivity index (χ2v) is 6.67. The second kappa shape index (κ2) is 7.48. The molecule has 0 radical (unpaired) electrons. The van der Waals surface area contributed by atoms with Crippen LogP contribution < -0.4 is 10.1 Å². The Kier molecular flexibility index (Phi) is 4.91. The van der Waals surface area contributed by atoms with Gasteiger partial charge in [-0.05, 0) is 66.1 Å². The van der Waals surface area contributed by atoms with Crippen molar-refractivity contribution in [1.29, 1.82) is 0 Å². The Bertz CT molecular complexity index is 845. The van der Waals surface area contributed by atoms with Crippen LogP contribution in [0.4, 0.5) is 0 Å². The third-order valence-electron chi connectivity index (χ3n) is 5.10. The van der Waals surface area contributed by atoms with E-state index in [4.69, 9.17) is 14.2 Å². The molecule has 0 unspecified atom stereocenters. The lowest BCUT2D eigenvalue weighted by Gasteiger charge is -2.31. The van der Waals surface area contributed by atoms with E-state index < -0.39 is 0 Å². The van der Waals surface area contributed by atoms with Crippen LogP contribution >= 0.6 is 0 Å². The van der Waals surface area contributed by atoms with E-state index in [-0.39, 0.29) is 18.1 Å². The molecule has 5 nitrogen and oxygen atoms in total. The van der Waals surface area contributed by atoms with Crippen LogP contribution in [0, 0.1) is 0 Å². The van der Waals surface area contributed by atoms with Crippen molar-refractivity contribution in [3.63, 3.8) is 0 Å². The molecule has 2 aromatic rings. The van der Waals surface area contributed by atoms with Crippen LogP contribution in [0.5, 0.6) is 5.75 Å². The smallest absolute Gasteiger partial charge is 0.338 e. The lowest BCUT2D eigenvalue weighted by Crippen LogP contribution is -2.35. The molecule has 1 saturated heterocycles. The number of carbonyl (C=O) groups excluding carboxylic acids is 1. The highest BCUT2D eigenvalue weighted by Gasteiger charge is 2.26. The van der Waals surface area contributed by atoms with Gasteiger partial charge in [0.1, 0.15) is 12.4 Å². The molecule has 2 aliphatic rings. The van der Waals surface area contributed by atoms with E-state index in [9.17, 15) is 4.79 Å². The average molecular weight is 353 g/mol. The number of fused-ring (bicyclic) bond motifs is 4. The Morgan fingerprint density at radius 2 is 2.04 bits per heavy atom. The van der Waals surface area contributed by atoms with Gasteiger partial charge >= 0.3 is 5.97 Å². The fourth-order valence-electron chi connectivity index (χ4n) is 3.77. The maximum atomic E-state index is 12.2. The first-order valence-corrected chi connectivity index (χ1v) is 9.04. The number of hydrogen-bond acceptors (Lipinski definition) is 5. The van der Waals surface area contributed by atoms with Gasteiger partial charge in [-0.15, -0.1) is 0 Å². The number of carbonyl (C=O) groups is 1. The molecule has 0 aromatic heterocycles. The summed E-state index contributed by atoms with van der Waals surface area (Å²) in [6.45, 7) is 2.01. The summed E-state index contributed by atoms with van der Waals surface area (Å²) in [6, 6.07) is 9.93. The molecular formula is C21H23NO4. The highest BCUT2D eigenvalue weighted by atomic mass is 16.5. The van der Waals surface area contributed by atoms with Crippen LogP contribution in [0.1, 0.15) is 34.8 Å². The van der Waals surface area contributed by atoms with Gasteiger partial charge in [-0.25, -0.2) is 4.79 Å². The van der Waals surface area contributed by atoms with Crippen molar-refractivity contribution in [1.82, 2.24) is 5.32 Å². The Morgan fingerprint density at radius 1 is 1.15 bits per heavy atom. The van der Waals surface area contributed by atoms with Gasteiger partial charge in [-0.1, -0.05) is 12.1 Å². The number of rotatable bonds is 1. The summed E-state index contributed by atoms with van der Waals surface area (Å²) in [5, 5.41) is 5.50. The fraction of sp³-hybridized carbons (Fsp3) is 0.381. The molecule has 26 heavy (non-hydrogen) atoms. The average Bonchev–Trinajstić information content (AvgIpc) is 2.69. The third-order valence-corrected chi connectivity index (χ3v) is 5.10. The van der Waals surface area contributed by atoms with E-state index in [0.29, 0.717) is 18.8 Å². The molecule has 4 bridgehead atoms. The minimum Gasteiger partial charge on any atom is -0.490 e. The van der Waals surface area contributed by atoms with Crippen LogP contribution in [0.15, 0.2) is 42.5 Å². The van der Waals surface area contributed by atoms with Crippen molar-refractivity contribution in [2.75, 3.05) is 26.9 Å². The molecular weight excluding hydrogens is 330 g/mol. The Balaban J connectivity index is 1.85. The van der Waals surface area contributed by atoms with Gasteiger partial charge in [-0.3, -0.25) is 0 Å². The standard InChI is InChI=1S/C21H23NO4/c1-24-21(23)18-7-6-17-19-12-14(4-5-16(18)19)25-10-2-3-11-26-15-8-9-22-20(17)13-15/h2-7,12,15,20,22H,8-11,13H2,1H3/b3-2-/t15-,20-/m0/s1. The molecule has 2 aromatic carbocycles. The maximum absolute atomic E-state index is 12.2. The summed E-state index contributed by atoms with van der Waals surface area (Å²) in [5.41, 5.74) is 1.74. The molecule has 0 spiro atoms. The van der Waals surface area contributed by atoms with Crippen molar-refractivity contribution in [3.05, 3.63) is 53.6 Å². The molecule has 0 aliphatic carbocycles. The minimum atomic E-state index is -0.325. The molecule has 2 aliphatic heterocycles. The first-order valence-electron chi connectivity index (χ1n) is 9.04. The summed E-state index contributed by atoms with van der Waals surface area (Å²) >= 11 is 0. The number of piperidine rings is 1. The first kappa shape index (κ1) is 17.1. The molecule has 0 saturated carbocycles. The number of esters is 1. The third kappa shape index (κ3) is 3.32. The summed E-state index contributed by atoms with van der Waals surface area (Å²) < 4.78 is 16.8. The van der Waals surface area contributed by atoms with Crippen molar-refractivity contribution >= 4 is 16.7 Å². The molecule has 2 atom stereocenters. The van der Waals surface area contributed by atoms with E-state index in [2.05, 4.69) is 5.32 Å². The Labute approximate surface area is 152 Å². The zero-order valence-corrected chi connectivity index (χ0v) is 14.9. The lowest BCUT2D eigenvalue weighted by molar-refractivity contribution is 0.0389. The summed E-state index contributed by atoms with van der Waals surface area (Å²) in [6.07, 6.45) is 6.13. The van der Waals surface area contributed by atoms with Gasteiger partial charge in [-0.2, -0.15) is 0 Å². The van der Waals surface area contributed by atoms with E-state index in [1.165, 1.54) is 12.7 Å². The van der Waals surface area contributed by atoms with Crippen molar-refractivity contribution in [3.8, 4) is 5.75 Å². The van der Waals surface area contributed by atoms with E-state index >= 15 is 0 Å². The molecule has 5 heteroatoms. The zero-order chi connectivity index (χ0) is 17.9. The number of methoxy groups -OCH3 is 1. The second-order valence-electron chi connectivity index (χ2n) is 6.67. The highest BCUT2D eigenvalue weighted by Crippen LogP contribution is 2.34. The van der Waals surface area contributed by atoms with Crippen LogP contribution in [-0.4, -0.2) is 38.9 Å². The van der Waals surface area contributed by atoms with Gasteiger partial charge in [0.25, 0.3) is 0 Å². The number of benzene rings is 2. The molecule has 1 fully saturated rings. The van der Waals surface area contributed by atoms with Crippen molar-refractivity contribution in [2.24, 2.45) is 0 Å². The van der Waals surface area contributed by atoms with E-state index in [1.807, 2.05) is 42.5 Å². The van der Waals surface area contributed by atoms with Crippen LogP contribution in [0.2, 0.25) is 0 Å². The normalized spacial score (nSPS) is 24.0. The van der Waals surface area contributed by atoms with Gasteiger partial charge in [0.2, 0.25) is 0 Å². The summed E-state index contributed by atoms with van der Waals surface area (Å²) in [5.74, 6) is 0.465. The Morgan fingerprint density at radius 3 is 2.92 bits per heavy atom. The minimum absolute atomic E-state index is 0.183. The van der Waals surface area contributed by atoms with Gasteiger partial charge < -0.3 is 19.5 Å². The van der Waals surface area contributed by atoms with E-state index in [1.54, 1.807) is 0 Å². The molecule has 2 heterocycles. The van der Waals surface area contributed by atoms with E-state index in [0.717, 1.165) is 35.9 Å². The molecule has 0 amide bonds. The largest absolute Gasteiger partial charge is 0.490 e. The predicted octanol–water partition coefficient (Wildman–Crippen LogP) is 3.38. The van der Waals surface area contributed by atoms with Gasteiger partial charge in [0, 0.05) is 6.04 Å². The molecule has 4 rings (SSSR count). The monoisotopic (exact) mass is 353 g/mol. The lowest BCUT2D eigenvalue weighted by atomic mass is 9.90. The number of nitrogens with one attached hydrogen (secondary N) is 1. The highest BCUT2D eigenvalue weighted by molar-refractivity contribution is 6.06. The van der Waals surface area contributed by atoms with Gasteiger partial charge in [0.15, 0.2) is 0 Å². The van der Waals surface area contributed by atoms with Crippen LogP contribution in [0.3, 0.4) is 0 Å². The van der Waals surface area contributed by atoms with Crippen molar-refractivity contribution < 1.29 is 19.0 Å². The fourth-order valence-corrected chi connectivity index (χ4v) is 3.77. The molecule has 136 valence electrons. The molecule has 1 N–H and O–H groups in total. The zero-order valence-electron chi connectivity index (χ0n) is 14.9.